The van der Waals surface area contributed by atoms with Crippen LogP contribution in [0.5, 0.6) is 0 Å². The molecule has 0 atom stereocenters. The lowest BCUT2D eigenvalue weighted by molar-refractivity contribution is -0.133. The van der Waals surface area contributed by atoms with E-state index in [-0.39, 0.29) is 5.91 Å². The molecule has 0 radical (unpaired) electrons. The number of likely N-dealkylation sites (N-methyl/N-ethyl adjacent to an activating group) is 1. The van der Waals surface area contributed by atoms with Crippen molar-refractivity contribution in [1.82, 2.24) is 9.37 Å². The van der Waals surface area contributed by atoms with Gasteiger partial charge in [0.1, 0.15) is 17.8 Å². The smallest absolute Gasteiger partial charge is 0.239 e. The second-order valence-corrected chi connectivity index (χ2v) is 8.06. The van der Waals surface area contributed by atoms with E-state index in [1.807, 2.05) is 16.4 Å². The Kier molecular flexibility index (Phi) is 9.66. The van der Waals surface area contributed by atoms with Crippen LogP contribution in [0.2, 0.25) is 0 Å². The number of carbonyl (C=O) groups excluding carboxylic acids is 1. The van der Waals surface area contributed by atoms with Crippen LogP contribution in [0.4, 0.5) is 0 Å². The van der Waals surface area contributed by atoms with Gasteiger partial charge in [-0.2, -0.15) is 5.06 Å². The van der Waals surface area contributed by atoms with Crippen LogP contribution < -0.4 is 5.73 Å². The summed E-state index contributed by atoms with van der Waals surface area (Å²) >= 11 is 1.21. The van der Waals surface area contributed by atoms with Crippen molar-refractivity contribution in [3.63, 3.8) is 0 Å². The monoisotopic (exact) mass is 389 g/mol. The van der Waals surface area contributed by atoms with Crippen LogP contribution >= 0.6 is 12.2 Å². The predicted octanol–water partition coefficient (Wildman–Crippen LogP) is 2.51. The number of ether oxygens (including phenoxy) is 2. The van der Waals surface area contributed by atoms with Crippen molar-refractivity contribution >= 4 is 18.1 Å². The molecule has 2 aliphatic rings. The van der Waals surface area contributed by atoms with E-state index in [9.17, 15) is 4.79 Å². The highest BCUT2D eigenvalue weighted by Gasteiger charge is 2.43. The fourth-order valence-electron chi connectivity index (χ4n) is 3.45. The maximum atomic E-state index is 12.0. The highest BCUT2D eigenvalue weighted by molar-refractivity contribution is 7.92. The largest absolute Gasteiger partial charge is 0.381 e. The van der Waals surface area contributed by atoms with Crippen molar-refractivity contribution in [3.8, 4) is 0 Å². The minimum Gasteiger partial charge on any atom is -0.381 e. The number of primary amides is 1. The lowest BCUT2D eigenvalue weighted by Gasteiger charge is -2.41. The Labute approximate surface area is 162 Å². The van der Waals surface area contributed by atoms with Crippen molar-refractivity contribution in [3.05, 3.63) is 0 Å². The first kappa shape index (κ1) is 21.9. The van der Waals surface area contributed by atoms with E-state index in [1.54, 1.807) is 0 Å². The first-order valence-electron chi connectivity index (χ1n) is 9.91. The lowest BCUT2D eigenvalue weighted by atomic mass is 9.89. The van der Waals surface area contributed by atoms with Crippen molar-refractivity contribution in [1.29, 1.82) is 0 Å². The van der Waals surface area contributed by atoms with Gasteiger partial charge in [0.25, 0.3) is 0 Å². The molecule has 2 rings (SSSR count). The van der Waals surface area contributed by atoms with Gasteiger partial charge in [-0.3, -0.25) is 4.79 Å². The molecule has 8 heteroatoms. The van der Waals surface area contributed by atoms with Crippen LogP contribution in [0.15, 0.2) is 0 Å². The van der Waals surface area contributed by atoms with Crippen molar-refractivity contribution in [2.45, 2.75) is 69.9 Å². The molecule has 0 spiro atoms. The number of hydrogen-bond acceptors (Lipinski definition) is 7. The lowest BCUT2D eigenvalue weighted by Crippen LogP contribution is -2.56. The number of hydroxylamine groups is 2. The minimum absolute atomic E-state index is 0.311. The zero-order valence-electron chi connectivity index (χ0n) is 16.3. The van der Waals surface area contributed by atoms with E-state index in [2.05, 4.69) is 6.92 Å². The second kappa shape index (κ2) is 11.5. The van der Waals surface area contributed by atoms with E-state index in [0.29, 0.717) is 32.2 Å². The molecular formula is C18H35N3O4S. The maximum Gasteiger partial charge on any atom is 0.239 e. The van der Waals surface area contributed by atoms with Crippen LogP contribution in [-0.2, 0) is 18.6 Å². The van der Waals surface area contributed by atoms with Gasteiger partial charge in [0.15, 0.2) is 0 Å². The normalized spacial score (nSPS) is 22.0. The van der Waals surface area contributed by atoms with Crippen LogP contribution in [0.3, 0.4) is 0 Å². The van der Waals surface area contributed by atoms with E-state index in [4.69, 9.17) is 19.5 Å². The van der Waals surface area contributed by atoms with Gasteiger partial charge >= 0.3 is 0 Å². The number of nitrogens with two attached hydrogens (primary N) is 1. The highest BCUT2D eigenvalue weighted by Crippen LogP contribution is 2.33. The van der Waals surface area contributed by atoms with Crippen LogP contribution in [-0.4, -0.2) is 66.9 Å². The third-order valence-corrected chi connectivity index (χ3v) is 6.23. The third-order valence-electron chi connectivity index (χ3n) is 5.38. The van der Waals surface area contributed by atoms with Crippen molar-refractivity contribution in [2.24, 2.45) is 5.73 Å². The van der Waals surface area contributed by atoms with E-state index < -0.39 is 5.54 Å². The quantitative estimate of drug-likeness (QED) is 0.330. The summed E-state index contributed by atoms with van der Waals surface area (Å²) in [7, 11) is 1.87. The molecule has 2 heterocycles. The Hall–Kier alpha value is -0.380. The third kappa shape index (κ3) is 6.35. The topological polar surface area (TPSA) is 77.3 Å². The summed E-state index contributed by atoms with van der Waals surface area (Å²) in [5, 5.41) is 1.95. The van der Waals surface area contributed by atoms with Crippen molar-refractivity contribution in [2.75, 3.05) is 40.0 Å². The van der Waals surface area contributed by atoms with E-state index in [0.717, 1.165) is 39.0 Å². The van der Waals surface area contributed by atoms with Crippen molar-refractivity contribution < 1.29 is 18.6 Å². The van der Waals surface area contributed by atoms with Gasteiger partial charge in [-0.1, -0.05) is 26.2 Å². The van der Waals surface area contributed by atoms with E-state index >= 15 is 0 Å². The Morgan fingerprint density at radius 3 is 2.58 bits per heavy atom. The summed E-state index contributed by atoms with van der Waals surface area (Å²) in [5.41, 5.74) is 4.98. The summed E-state index contributed by atoms with van der Waals surface area (Å²) in [5.74, 6) is -0.311. The predicted molar refractivity (Wildman–Crippen MR) is 103 cm³/mol. The maximum absolute atomic E-state index is 12.0. The Balaban J connectivity index is 1.65. The van der Waals surface area contributed by atoms with Gasteiger partial charge in [0.2, 0.25) is 5.91 Å². The summed E-state index contributed by atoms with van der Waals surface area (Å²) < 4.78 is 19.1. The molecule has 0 aromatic rings. The molecule has 26 heavy (non-hydrogen) atoms. The molecule has 7 nitrogen and oxygen atoms in total. The Morgan fingerprint density at radius 2 is 1.96 bits per heavy atom. The van der Waals surface area contributed by atoms with Gasteiger partial charge in [0, 0.05) is 40.0 Å². The number of nitrogens with zero attached hydrogens (tertiary/aromatic N) is 2. The molecule has 0 saturated carbocycles. The molecule has 2 aliphatic heterocycles. The standard InChI is InChI=1S/C18H35N3O4S/c1-3-4-5-6-13-24-16-7-11-21(12-8-16)25-26-20(2)18(17(19)22)9-14-23-15-10-18/h16H,3-15H2,1-2H3,(H2,19,22). The fraction of sp³-hybridized carbons (Fsp3) is 0.944. The van der Waals surface area contributed by atoms with E-state index in [1.165, 1.54) is 31.5 Å². The number of rotatable bonds is 11. The molecular weight excluding hydrogens is 354 g/mol. The SMILES string of the molecule is CCCCCCOC1CCN(OSN(C)C2(C(N)=O)CCOCC2)CC1. The molecule has 0 aromatic heterocycles. The van der Waals surface area contributed by atoms with Gasteiger partial charge in [-0.15, -0.1) is 0 Å². The molecule has 2 N–H and O–H groups in total. The molecule has 2 fully saturated rings. The van der Waals surface area contributed by atoms with Gasteiger partial charge < -0.3 is 15.2 Å². The average Bonchev–Trinajstić information content (AvgIpc) is 2.67. The van der Waals surface area contributed by atoms with Gasteiger partial charge in [-0.25, -0.2) is 8.59 Å². The number of hydrogen-bond donors (Lipinski definition) is 1. The Bertz CT molecular complexity index is 413. The summed E-state index contributed by atoms with van der Waals surface area (Å²) in [6.07, 6.45) is 8.46. The minimum atomic E-state index is -0.692. The number of piperidine rings is 1. The fourth-order valence-corrected chi connectivity index (χ4v) is 4.20. The summed E-state index contributed by atoms with van der Waals surface area (Å²) in [6.45, 7) is 5.87. The zero-order valence-corrected chi connectivity index (χ0v) is 17.1. The number of amides is 1. The van der Waals surface area contributed by atoms with Crippen LogP contribution in [0.1, 0.15) is 58.3 Å². The molecule has 1 amide bonds. The summed E-state index contributed by atoms with van der Waals surface area (Å²) in [6, 6.07) is 0. The van der Waals surface area contributed by atoms with Crippen LogP contribution in [0.25, 0.3) is 0 Å². The molecule has 0 aliphatic carbocycles. The Morgan fingerprint density at radius 1 is 1.27 bits per heavy atom. The highest BCUT2D eigenvalue weighted by atomic mass is 32.2. The number of unbranched alkanes of at least 4 members (excludes halogenated alkanes) is 3. The first-order valence-corrected chi connectivity index (χ1v) is 10.6. The first-order chi connectivity index (χ1) is 12.6. The summed E-state index contributed by atoms with van der Waals surface area (Å²) in [4.78, 5) is 12.0. The molecule has 152 valence electrons. The second-order valence-electron chi connectivity index (χ2n) is 7.21. The molecule has 0 bridgehead atoms. The van der Waals surface area contributed by atoms with Gasteiger partial charge in [-0.05, 0) is 32.1 Å². The average molecular weight is 390 g/mol. The van der Waals surface area contributed by atoms with Gasteiger partial charge in [0.05, 0.1) is 6.10 Å². The molecule has 0 unspecified atom stereocenters. The van der Waals surface area contributed by atoms with Crippen LogP contribution in [0, 0.1) is 0 Å². The molecule has 2 saturated heterocycles. The number of carbonyl (C=O) groups is 1. The molecule has 0 aromatic carbocycles. The zero-order chi connectivity index (χ0) is 18.8.